The number of halogens is 2. The summed E-state index contributed by atoms with van der Waals surface area (Å²) in [6.45, 7) is 3.42. The van der Waals surface area contributed by atoms with Crippen LogP contribution in [0.15, 0.2) is 12.1 Å². The average molecular weight is 370 g/mol. The van der Waals surface area contributed by atoms with Crippen molar-refractivity contribution in [3.05, 3.63) is 33.3 Å². The molecule has 0 aliphatic heterocycles. The number of hydrogen-bond acceptors (Lipinski definition) is 4. The number of ketones is 3. The molecule has 1 aromatic carbocycles. The Morgan fingerprint density at radius 3 is 2.46 bits per heavy atom. The SMILES string of the molecule is CC1(C)CCC(=O)C(C(=O)c2ccc(Cl)c(CC(N)=O)c2Cl)C1=O. The van der Waals surface area contributed by atoms with Crippen molar-refractivity contribution in [2.45, 2.75) is 33.1 Å². The van der Waals surface area contributed by atoms with Crippen LogP contribution < -0.4 is 5.73 Å². The molecule has 5 nitrogen and oxygen atoms in total. The van der Waals surface area contributed by atoms with Gasteiger partial charge in [0, 0.05) is 22.4 Å². The van der Waals surface area contributed by atoms with Crippen LogP contribution in [0.4, 0.5) is 0 Å². The minimum Gasteiger partial charge on any atom is -0.369 e. The summed E-state index contributed by atoms with van der Waals surface area (Å²) in [5.41, 5.74) is 4.63. The topological polar surface area (TPSA) is 94.3 Å². The molecule has 1 unspecified atom stereocenters. The number of amides is 1. The first-order chi connectivity index (χ1) is 11.1. The van der Waals surface area contributed by atoms with E-state index in [1.54, 1.807) is 13.8 Å². The van der Waals surface area contributed by atoms with Gasteiger partial charge in [-0.1, -0.05) is 37.0 Å². The van der Waals surface area contributed by atoms with Gasteiger partial charge in [0.2, 0.25) is 5.91 Å². The second kappa shape index (κ2) is 6.65. The predicted molar refractivity (Wildman–Crippen MR) is 90.2 cm³/mol. The van der Waals surface area contributed by atoms with Gasteiger partial charge in [0.1, 0.15) is 5.92 Å². The van der Waals surface area contributed by atoms with Crippen molar-refractivity contribution in [3.63, 3.8) is 0 Å². The van der Waals surface area contributed by atoms with E-state index in [-0.39, 0.29) is 34.0 Å². The molecule has 2 rings (SSSR count). The molecule has 0 spiro atoms. The van der Waals surface area contributed by atoms with Gasteiger partial charge < -0.3 is 5.73 Å². The van der Waals surface area contributed by atoms with Crippen LogP contribution in [0.2, 0.25) is 10.0 Å². The van der Waals surface area contributed by atoms with Crippen LogP contribution in [0.3, 0.4) is 0 Å². The summed E-state index contributed by atoms with van der Waals surface area (Å²) < 4.78 is 0. The third-order valence-electron chi connectivity index (χ3n) is 4.31. The van der Waals surface area contributed by atoms with Gasteiger partial charge in [-0.2, -0.15) is 0 Å². The lowest BCUT2D eigenvalue weighted by Crippen LogP contribution is -2.44. The lowest BCUT2D eigenvalue weighted by Gasteiger charge is -2.32. The number of nitrogens with two attached hydrogens (primary N) is 1. The number of carbonyl (C=O) groups is 4. The van der Waals surface area contributed by atoms with Crippen molar-refractivity contribution in [1.82, 2.24) is 0 Å². The molecular weight excluding hydrogens is 353 g/mol. The highest BCUT2D eigenvalue weighted by molar-refractivity contribution is 6.40. The fourth-order valence-corrected chi connectivity index (χ4v) is 3.38. The molecule has 0 bridgehead atoms. The van der Waals surface area contributed by atoms with Gasteiger partial charge in [-0.05, 0) is 24.1 Å². The molecule has 1 saturated carbocycles. The summed E-state index contributed by atoms with van der Waals surface area (Å²) in [5.74, 6) is -3.51. The molecule has 0 radical (unpaired) electrons. The maximum atomic E-state index is 12.8. The summed E-state index contributed by atoms with van der Waals surface area (Å²) in [4.78, 5) is 48.6. The zero-order valence-electron chi connectivity index (χ0n) is 13.3. The van der Waals surface area contributed by atoms with Crippen LogP contribution in [0.5, 0.6) is 0 Å². The molecule has 2 N–H and O–H groups in total. The molecule has 1 aromatic rings. The van der Waals surface area contributed by atoms with Gasteiger partial charge in [0.05, 0.1) is 11.4 Å². The first-order valence-corrected chi connectivity index (χ1v) is 8.18. The number of primary amides is 1. The van der Waals surface area contributed by atoms with E-state index in [9.17, 15) is 19.2 Å². The van der Waals surface area contributed by atoms with Gasteiger partial charge in [-0.15, -0.1) is 0 Å². The van der Waals surface area contributed by atoms with Gasteiger partial charge in [0.15, 0.2) is 17.3 Å². The fraction of sp³-hybridized carbons (Fsp3) is 0.412. The smallest absolute Gasteiger partial charge is 0.221 e. The van der Waals surface area contributed by atoms with Gasteiger partial charge in [-0.25, -0.2) is 0 Å². The van der Waals surface area contributed by atoms with Crippen molar-refractivity contribution in [2.75, 3.05) is 0 Å². The average Bonchev–Trinajstić information content (AvgIpc) is 2.48. The highest BCUT2D eigenvalue weighted by Gasteiger charge is 2.46. The highest BCUT2D eigenvalue weighted by Crippen LogP contribution is 2.37. The first-order valence-electron chi connectivity index (χ1n) is 7.42. The molecule has 1 atom stereocenters. The third-order valence-corrected chi connectivity index (χ3v) is 5.10. The molecule has 1 aliphatic carbocycles. The van der Waals surface area contributed by atoms with E-state index in [0.717, 1.165) is 0 Å². The number of hydrogen-bond donors (Lipinski definition) is 1. The Labute approximate surface area is 149 Å². The van der Waals surface area contributed by atoms with Crippen LogP contribution in [-0.2, 0) is 20.8 Å². The molecule has 0 aromatic heterocycles. The van der Waals surface area contributed by atoms with E-state index in [2.05, 4.69) is 0 Å². The van der Waals surface area contributed by atoms with E-state index in [4.69, 9.17) is 28.9 Å². The molecule has 128 valence electrons. The predicted octanol–water partition coefficient (Wildman–Crippen LogP) is 2.78. The van der Waals surface area contributed by atoms with Gasteiger partial charge in [0.25, 0.3) is 0 Å². The number of Topliss-reactive ketones (excluding diaryl/α,β-unsaturated/α-hetero) is 3. The summed E-state index contributed by atoms with van der Waals surface area (Å²) >= 11 is 12.2. The minimum atomic E-state index is -1.37. The molecular formula is C17H17Cl2NO4. The molecule has 0 saturated heterocycles. The third kappa shape index (κ3) is 3.37. The molecule has 0 heterocycles. The molecule has 24 heavy (non-hydrogen) atoms. The lowest BCUT2D eigenvalue weighted by molar-refractivity contribution is -0.140. The minimum absolute atomic E-state index is 0.00159. The lowest BCUT2D eigenvalue weighted by atomic mass is 9.68. The largest absolute Gasteiger partial charge is 0.369 e. The first kappa shape index (κ1) is 18.6. The van der Waals surface area contributed by atoms with Gasteiger partial charge in [-0.3, -0.25) is 19.2 Å². The maximum Gasteiger partial charge on any atom is 0.221 e. The molecule has 7 heteroatoms. The van der Waals surface area contributed by atoms with E-state index < -0.39 is 34.6 Å². The monoisotopic (exact) mass is 369 g/mol. The Hall–Kier alpha value is -1.72. The summed E-state index contributed by atoms with van der Waals surface area (Å²) in [5, 5.41) is 0.146. The van der Waals surface area contributed by atoms with Crippen LogP contribution >= 0.6 is 23.2 Å². The standard InChI is InChI=1S/C17H17Cl2NO4/c1-17(2)6-5-11(21)13(16(17)24)15(23)8-3-4-10(18)9(14(8)19)7-12(20)22/h3-4,13H,5-7H2,1-2H3,(H2,20,22). The Morgan fingerprint density at radius 1 is 1.25 bits per heavy atom. The number of carbonyl (C=O) groups excluding carboxylic acids is 4. The Morgan fingerprint density at radius 2 is 1.88 bits per heavy atom. The van der Waals surface area contributed by atoms with Crippen molar-refractivity contribution < 1.29 is 19.2 Å². The summed E-state index contributed by atoms with van der Waals surface area (Å²) in [6, 6.07) is 2.77. The summed E-state index contributed by atoms with van der Waals surface area (Å²) in [7, 11) is 0. The highest BCUT2D eigenvalue weighted by atomic mass is 35.5. The maximum absolute atomic E-state index is 12.8. The molecule has 1 aliphatic rings. The second-order valence-corrected chi connectivity index (χ2v) is 7.33. The molecule has 1 fully saturated rings. The number of rotatable bonds is 4. The quantitative estimate of drug-likeness (QED) is 0.651. The van der Waals surface area contributed by atoms with Crippen LogP contribution in [0.25, 0.3) is 0 Å². The second-order valence-electron chi connectivity index (χ2n) is 6.54. The Bertz CT molecular complexity index is 755. The zero-order valence-corrected chi connectivity index (χ0v) is 14.8. The van der Waals surface area contributed by atoms with Crippen LogP contribution in [0.1, 0.15) is 42.6 Å². The van der Waals surface area contributed by atoms with Crippen molar-refractivity contribution >= 4 is 46.5 Å². The zero-order chi connectivity index (χ0) is 18.2. The van der Waals surface area contributed by atoms with Crippen molar-refractivity contribution in [3.8, 4) is 0 Å². The number of benzene rings is 1. The van der Waals surface area contributed by atoms with Crippen molar-refractivity contribution in [1.29, 1.82) is 0 Å². The van der Waals surface area contributed by atoms with Crippen molar-refractivity contribution in [2.24, 2.45) is 17.1 Å². The Kier molecular flexibility index (Phi) is 5.16. The van der Waals surface area contributed by atoms with Crippen LogP contribution in [0, 0.1) is 11.3 Å². The van der Waals surface area contributed by atoms with E-state index >= 15 is 0 Å². The fourth-order valence-electron chi connectivity index (χ4n) is 2.79. The summed E-state index contributed by atoms with van der Waals surface area (Å²) in [6.07, 6.45) is 0.334. The normalized spacial score (nSPS) is 20.1. The van der Waals surface area contributed by atoms with Crippen LogP contribution in [-0.4, -0.2) is 23.3 Å². The Balaban J connectivity index is 2.48. The van der Waals surface area contributed by atoms with Gasteiger partial charge >= 0.3 is 0 Å². The molecule has 1 amide bonds. The van der Waals surface area contributed by atoms with E-state index in [0.29, 0.717) is 6.42 Å². The van der Waals surface area contributed by atoms with E-state index in [1.807, 2.05) is 0 Å². The van der Waals surface area contributed by atoms with E-state index in [1.165, 1.54) is 12.1 Å².